The molecule has 2 amide bonds. The third-order valence-corrected chi connectivity index (χ3v) is 6.89. The summed E-state index contributed by atoms with van der Waals surface area (Å²) in [7, 11) is 1.81. The van der Waals surface area contributed by atoms with Gasteiger partial charge < -0.3 is 10.6 Å². The topological polar surface area (TPSA) is 122 Å². The van der Waals surface area contributed by atoms with Crippen molar-refractivity contribution in [2.45, 2.75) is 25.3 Å². The van der Waals surface area contributed by atoms with Crippen molar-refractivity contribution < 1.29 is 14.0 Å². The predicted molar refractivity (Wildman–Crippen MR) is 129 cm³/mol. The van der Waals surface area contributed by atoms with Gasteiger partial charge in [-0.15, -0.1) is 0 Å². The maximum atomic E-state index is 14.4. The Labute approximate surface area is 205 Å². The van der Waals surface area contributed by atoms with Gasteiger partial charge in [-0.05, 0) is 31.2 Å². The Hall–Kier alpha value is -4.19. The number of carbonyl (C=O) groups is 2. The molecule has 2 fully saturated rings. The molecule has 2 aliphatic rings. The molecule has 184 valence electrons. The largest absolute Gasteiger partial charge is 0.324 e. The molecule has 1 aliphatic heterocycles. The predicted octanol–water partition coefficient (Wildman–Crippen LogP) is 2.34. The second-order valence-corrected chi connectivity index (χ2v) is 9.39. The summed E-state index contributed by atoms with van der Waals surface area (Å²) in [6, 6.07) is 1.83. The van der Waals surface area contributed by atoms with Crippen molar-refractivity contribution in [1.82, 2.24) is 34.3 Å². The number of nitrogens with zero attached hydrogens (tertiary/aromatic N) is 7. The van der Waals surface area contributed by atoms with Crippen LogP contribution in [0.4, 0.5) is 15.8 Å². The number of fused-ring (bicyclic) bond motifs is 3. The van der Waals surface area contributed by atoms with Gasteiger partial charge in [0.1, 0.15) is 0 Å². The molecule has 0 spiro atoms. The smallest absolute Gasteiger partial charge is 0.259 e. The fourth-order valence-corrected chi connectivity index (χ4v) is 5.16. The van der Waals surface area contributed by atoms with Crippen LogP contribution >= 0.6 is 0 Å². The quantitative estimate of drug-likeness (QED) is 0.399. The summed E-state index contributed by atoms with van der Waals surface area (Å²) in [4.78, 5) is 35.8. The number of aromatic nitrogens is 6. The summed E-state index contributed by atoms with van der Waals surface area (Å²) in [6.45, 7) is 1.23. The number of hydrogen-bond acceptors (Lipinski definition) is 7. The number of aryl methyl sites for hydroxylation is 1. The fraction of sp³-hybridized carbons (Fsp3) is 0.333. The Balaban J connectivity index is 1.15. The molecule has 1 aliphatic carbocycles. The van der Waals surface area contributed by atoms with Crippen LogP contribution in [-0.4, -0.2) is 65.2 Å². The highest BCUT2D eigenvalue weighted by atomic mass is 19.1. The Kier molecular flexibility index (Phi) is 5.44. The number of pyridine rings is 1. The highest BCUT2D eigenvalue weighted by Crippen LogP contribution is 2.37. The van der Waals surface area contributed by atoms with Gasteiger partial charge >= 0.3 is 0 Å². The van der Waals surface area contributed by atoms with Crippen LogP contribution < -0.4 is 10.6 Å². The van der Waals surface area contributed by atoms with Crippen LogP contribution in [0.2, 0.25) is 0 Å². The molecule has 1 saturated carbocycles. The van der Waals surface area contributed by atoms with E-state index in [0.29, 0.717) is 28.9 Å². The van der Waals surface area contributed by atoms with Crippen LogP contribution in [0.5, 0.6) is 0 Å². The standard InChI is InChI=1S/C24H24FN9O2/c1-32-11-15(6-28-32)20-12-34-21(9-26-20)18(8-29-34)24(36)31-19-5-16(7-27-23(19)25)30-22(35)13-33-10-14-2-3-17(33)4-14/h5-9,11-12,14,17H,2-4,10,13H2,1H3,(H,30,35)(H,31,36)/t14-,17+/m1/s1. The van der Waals surface area contributed by atoms with Gasteiger partial charge in [-0.25, -0.2) is 9.50 Å². The van der Waals surface area contributed by atoms with E-state index < -0.39 is 11.9 Å². The lowest BCUT2D eigenvalue weighted by Gasteiger charge is -2.25. The van der Waals surface area contributed by atoms with Gasteiger partial charge in [0.15, 0.2) is 0 Å². The van der Waals surface area contributed by atoms with E-state index in [9.17, 15) is 14.0 Å². The zero-order chi connectivity index (χ0) is 24.8. The van der Waals surface area contributed by atoms with Crippen molar-refractivity contribution in [3.05, 3.63) is 54.8 Å². The number of nitrogens with one attached hydrogen (secondary N) is 2. The van der Waals surface area contributed by atoms with Gasteiger partial charge in [0.2, 0.25) is 11.9 Å². The van der Waals surface area contributed by atoms with Gasteiger partial charge in [0.05, 0.1) is 65.7 Å². The number of rotatable bonds is 6. The van der Waals surface area contributed by atoms with Gasteiger partial charge in [-0.3, -0.25) is 24.2 Å². The summed E-state index contributed by atoms with van der Waals surface area (Å²) in [5.41, 5.74) is 2.30. The van der Waals surface area contributed by atoms with Gasteiger partial charge in [0, 0.05) is 31.4 Å². The van der Waals surface area contributed by atoms with E-state index in [-0.39, 0.29) is 23.7 Å². The second-order valence-electron chi connectivity index (χ2n) is 9.39. The molecule has 4 aromatic heterocycles. The minimum absolute atomic E-state index is 0.141. The molecule has 1 saturated heterocycles. The monoisotopic (exact) mass is 489 g/mol. The Morgan fingerprint density at radius 3 is 2.72 bits per heavy atom. The summed E-state index contributed by atoms with van der Waals surface area (Å²) in [5, 5.41) is 13.7. The number of piperidine rings is 1. The van der Waals surface area contributed by atoms with Crippen LogP contribution in [0.25, 0.3) is 16.8 Å². The number of carbonyl (C=O) groups excluding carboxylic acids is 2. The second kappa shape index (κ2) is 8.79. The van der Waals surface area contributed by atoms with Crippen molar-refractivity contribution in [1.29, 1.82) is 0 Å². The maximum Gasteiger partial charge on any atom is 0.259 e. The number of hydrogen-bond donors (Lipinski definition) is 2. The SMILES string of the molecule is Cn1cc(-c2cn3ncc(C(=O)Nc4cc(NC(=O)CN5C[C@@H]6CC[C@H]5C6)cnc4F)c3cn2)cn1. The van der Waals surface area contributed by atoms with Crippen molar-refractivity contribution in [2.75, 3.05) is 23.7 Å². The average molecular weight is 490 g/mol. The maximum absolute atomic E-state index is 14.4. The lowest BCUT2D eigenvalue weighted by atomic mass is 10.1. The van der Waals surface area contributed by atoms with Gasteiger partial charge in [-0.2, -0.15) is 14.6 Å². The first-order valence-electron chi connectivity index (χ1n) is 11.8. The molecular weight excluding hydrogens is 465 g/mol. The van der Waals surface area contributed by atoms with E-state index in [1.165, 1.54) is 35.6 Å². The Morgan fingerprint density at radius 2 is 1.97 bits per heavy atom. The lowest BCUT2D eigenvalue weighted by Crippen LogP contribution is -2.38. The average Bonchev–Trinajstić information content (AvgIpc) is 3.65. The fourth-order valence-electron chi connectivity index (χ4n) is 5.16. The molecule has 2 N–H and O–H groups in total. The molecule has 36 heavy (non-hydrogen) atoms. The summed E-state index contributed by atoms with van der Waals surface area (Å²) >= 11 is 0. The Morgan fingerprint density at radius 1 is 1.08 bits per heavy atom. The first-order valence-corrected chi connectivity index (χ1v) is 11.8. The summed E-state index contributed by atoms with van der Waals surface area (Å²) in [5.74, 6) is -0.926. The molecule has 0 aromatic carbocycles. The summed E-state index contributed by atoms with van der Waals surface area (Å²) in [6.07, 6.45) is 12.9. The molecule has 5 heterocycles. The lowest BCUT2D eigenvalue weighted by molar-refractivity contribution is -0.117. The first-order chi connectivity index (χ1) is 17.4. The normalized spacial score (nSPS) is 19.2. The van der Waals surface area contributed by atoms with Crippen LogP contribution in [0.15, 0.2) is 43.2 Å². The van der Waals surface area contributed by atoms with Crippen molar-refractivity contribution in [3.63, 3.8) is 0 Å². The summed E-state index contributed by atoms with van der Waals surface area (Å²) < 4.78 is 17.6. The van der Waals surface area contributed by atoms with E-state index in [2.05, 4.69) is 35.7 Å². The molecule has 4 aromatic rings. The third kappa shape index (κ3) is 4.19. The van der Waals surface area contributed by atoms with Gasteiger partial charge in [0.25, 0.3) is 5.91 Å². The third-order valence-electron chi connectivity index (χ3n) is 6.89. The zero-order valence-corrected chi connectivity index (χ0v) is 19.6. The van der Waals surface area contributed by atoms with Crippen molar-refractivity contribution >= 4 is 28.7 Å². The molecular formula is C24H24FN9O2. The minimum atomic E-state index is -0.855. The van der Waals surface area contributed by atoms with Crippen LogP contribution in [0.3, 0.4) is 0 Å². The number of likely N-dealkylation sites (tertiary alicyclic amines) is 1. The molecule has 12 heteroatoms. The van der Waals surface area contributed by atoms with Crippen molar-refractivity contribution in [3.8, 4) is 11.3 Å². The zero-order valence-electron chi connectivity index (χ0n) is 19.6. The highest BCUT2D eigenvalue weighted by Gasteiger charge is 2.38. The van der Waals surface area contributed by atoms with E-state index in [1.54, 1.807) is 17.1 Å². The molecule has 11 nitrogen and oxygen atoms in total. The van der Waals surface area contributed by atoms with E-state index in [1.807, 2.05) is 13.2 Å². The minimum Gasteiger partial charge on any atom is -0.324 e. The van der Waals surface area contributed by atoms with E-state index in [0.717, 1.165) is 24.9 Å². The van der Waals surface area contributed by atoms with E-state index >= 15 is 0 Å². The number of anilines is 2. The Bertz CT molecular complexity index is 1480. The van der Waals surface area contributed by atoms with Crippen LogP contribution in [0.1, 0.15) is 29.6 Å². The van der Waals surface area contributed by atoms with E-state index in [4.69, 9.17) is 0 Å². The van der Waals surface area contributed by atoms with Gasteiger partial charge in [-0.1, -0.05) is 0 Å². The van der Waals surface area contributed by atoms with Crippen molar-refractivity contribution in [2.24, 2.45) is 13.0 Å². The molecule has 0 radical (unpaired) electrons. The van der Waals surface area contributed by atoms with Crippen LogP contribution in [0, 0.1) is 11.9 Å². The number of halogens is 1. The molecule has 2 atom stereocenters. The molecule has 2 bridgehead atoms. The van der Waals surface area contributed by atoms with Crippen LogP contribution in [-0.2, 0) is 11.8 Å². The number of amides is 2. The first kappa shape index (κ1) is 22.3. The molecule has 6 rings (SSSR count). The molecule has 0 unspecified atom stereocenters. The highest BCUT2D eigenvalue weighted by molar-refractivity contribution is 6.09.